The van der Waals surface area contributed by atoms with Gasteiger partial charge < -0.3 is 15.0 Å². The van der Waals surface area contributed by atoms with Gasteiger partial charge in [0.2, 0.25) is 0 Å². The van der Waals surface area contributed by atoms with Gasteiger partial charge in [0.25, 0.3) is 5.91 Å². The zero-order chi connectivity index (χ0) is 17.4. The quantitative estimate of drug-likeness (QED) is 0.780. The van der Waals surface area contributed by atoms with Crippen LogP contribution in [-0.2, 0) is 17.8 Å². The maximum atomic E-state index is 12.5. The summed E-state index contributed by atoms with van der Waals surface area (Å²) in [6, 6.07) is 11.7. The predicted molar refractivity (Wildman–Crippen MR) is 102 cm³/mol. The number of ether oxygens (including phenoxy) is 1. The second-order valence-electron chi connectivity index (χ2n) is 6.29. The molecule has 0 saturated carbocycles. The van der Waals surface area contributed by atoms with Crippen LogP contribution in [0.25, 0.3) is 10.9 Å². The summed E-state index contributed by atoms with van der Waals surface area (Å²) in [6.07, 6.45) is 0.892. The van der Waals surface area contributed by atoms with Gasteiger partial charge in [0.15, 0.2) is 0 Å². The van der Waals surface area contributed by atoms with Crippen LogP contribution >= 0.6 is 11.3 Å². The minimum Gasteiger partial charge on any atom is -0.376 e. The summed E-state index contributed by atoms with van der Waals surface area (Å²) < 4.78 is 5.45. The van der Waals surface area contributed by atoms with E-state index in [9.17, 15) is 4.79 Å². The number of nitrogens with zero attached hydrogens (tertiary/aromatic N) is 2. The molecule has 4 rings (SSSR count). The Morgan fingerprint density at radius 2 is 2.12 bits per heavy atom. The van der Waals surface area contributed by atoms with E-state index in [1.807, 2.05) is 55.4 Å². The average Bonchev–Trinajstić information content (AvgIpc) is 3.05. The zero-order valence-electron chi connectivity index (χ0n) is 14.2. The average molecular weight is 353 g/mol. The number of aromatic nitrogens is 1. The predicted octanol–water partition coefficient (Wildman–Crippen LogP) is 3.69. The molecule has 0 unspecified atom stereocenters. The Hall–Kier alpha value is -2.44. The van der Waals surface area contributed by atoms with Crippen LogP contribution in [0.2, 0.25) is 0 Å². The Labute approximate surface area is 150 Å². The maximum absolute atomic E-state index is 12.5. The maximum Gasteiger partial charge on any atom is 0.265 e. The molecule has 0 saturated heterocycles. The Morgan fingerprint density at radius 3 is 2.92 bits per heavy atom. The second kappa shape index (κ2) is 6.46. The van der Waals surface area contributed by atoms with Crippen LogP contribution in [0.3, 0.4) is 0 Å². The highest BCUT2D eigenvalue weighted by molar-refractivity contribution is 7.14. The molecule has 1 aromatic carbocycles. The van der Waals surface area contributed by atoms with E-state index in [2.05, 4.69) is 10.3 Å². The number of hydrogen-bond acceptors (Lipinski definition) is 5. The fraction of sp³-hybridized carbons (Fsp3) is 0.263. The molecule has 0 fully saturated rings. The third-order valence-electron chi connectivity index (χ3n) is 4.24. The third-order valence-corrected chi connectivity index (χ3v) is 5.48. The first kappa shape index (κ1) is 16.1. The van der Waals surface area contributed by atoms with E-state index in [0.29, 0.717) is 6.61 Å². The van der Waals surface area contributed by atoms with E-state index in [-0.39, 0.29) is 5.91 Å². The van der Waals surface area contributed by atoms with E-state index < -0.39 is 0 Å². The van der Waals surface area contributed by atoms with Crippen LogP contribution in [0.5, 0.6) is 0 Å². The summed E-state index contributed by atoms with van der Waals surface area (Å²) in [7, 11) is 3.93. The fourth-order valence-corrected chi connectivity index (χ4v) is 3.94. The number of anilines is 2. The van der Waals surface area contributed by atoms with Gasteiger partial charge in [-0.3, -0.25) is 4.79 Å². The van der Waals surface area contributed by atoms with Crippen molar-refractivity contribution in [3.05, 3.63) is 51.7 Å². The topological polar surface area (TPSA) is 54.5 Å². The number of carbonyl (C=O) groups is 1. The molecule has 5 nitrogen and oxygen atoms in total. The van der Waals surface area contributed by atoms with Crippen LogP contribution in [0.4, 0.5) is 11.5 Å². The zero-order valence-corrected chi connectivity index (χ0v) is 15.0. The van der Waals surface area contributed by atoms with Crippen LogP contribution in [0.15, 0.2) is 36.4 Å². The Kier molecular flexibility index (Phi) is 4.15. The van der Waals surface area contributed by atoms with Crippen LogP contribution in [0, 0.1) is 0 Å². The molecule has 0 spiro atoms. The van der Waals surface area contributed by atoms with Gasteiger partial charge in [-0.05, 0) is 42.0 Å². The largest absolute Gasteiger partial charge is 0.376 e. The standard InChI is InChI=1S/C19H19N3O2S/c1-22(2)18-6-3-12-9-14(4-5-15(12)21-18)20-19(23)17-10-13-11-24-8-7-16(13)25-17/h3-6,9-10H,7-8,11H2,1-2H3,(H,20,23). The lowest BCUT2D eigenvalue weighted by Crippen LogP contribution is -2.11. The molecule has 1 N–H and O–H groups in total. The summed E-state index contributed by atoms with van der Waals surface area (Å²) in [5.41, 5.74) is 2.83. The molecule has 2 aromatic heterocycles. The Bertz CT molecular complexity index is 925. The van der Waals surface area contributed by atoms with Crippen molar-refractivity contribution in [3.8, 4) is 0 Å². The molecular weight excluding hydrogens is 334 g/mol. The molecule has 25 heavy (non-hydrogen) atoms. The number of nitrogens with one attached hydrogen (secondary N) is 1. The summed E-state index contributed by atoms with van der Waals surface area (Å²) in [6.45, 7) is 1.34. The minimum absolute atomic E-state index is 0.0726. The molecule has 6 heteroatoms. The van der Waals surface area contributed by atoms with Crippen molar-refractivity contribution in [2.75, 3.05) is 30.9 Å². The normalized spacial score (nSPS) is 13.5. The van der Waals surface area contributed by atoms with Gasteiger partial charge in [0.05, 0.1) is 23.6 Å². The van der Waals surface area contributed by atoms with Crippen molar-refractivity contribution in [1.82, 2.24) is 4.98 Å². The van der Waals surface area contributed by atoms with Crippen molar-refractivity contribution < 1.29 is 9.53 Å². The Balaban J connectivity index is 1.56. The monoisotopic (exact) mass is 353 g/mol. The van der Waals surface area contributed by atoms with Crippen molar-refractivity contribution >= 4 is 39.7 Å². The van der Waals surface area contributed by atoms with E-state index in [1.165, 1.54) is 4.88 Å². The number of carbonyl (C=O) groups excluding carboxylic acids is 1. The number of amides is 1. The van der Waals surface area contributed by atoms with Crippen molar-refractivity contribution in [2.24, 2.45) is 0 Å². The molecule has 0 aliphatic carbocycles. The lowest BCUT2D eigenvalue weighted by Gasteiger charge is -2.12. The Morgan fingerprint density at radius 1 is 1.24 bits per heavy atom. The van der Waals surface area contributed by atoms with Crippen LogP contribution < -0.4 is 10.2 Å². The summed E-state index contributed by atoms with van der Waals surface area (Å²) in [4.78, 5) is 21.1. The molecule has 0 bridgehead atoms. The second-order valence-corrected chi connectivity index (χ2v) is 7.42. The van der Waals surface area contributed by atoms with Crippen molar-refractivity contribution in [2.45, 2.75) is 13.0 Å². The number of hydrogen-bond donors (Lipinski definition) is 1. The lowest BCUT2D eigenvalue weighted by molar-refractivity contribution is 0.102. The number of rotatable bonds is 3. The number of thiophene rings is 1. The van der Waals surface area contributed by atoms with Crippen LogP contribution in [-0.4, -0.2) is 31.6 Å². The number of benzene rings is 1. The lowest BCUT2D eigenvalue weighted by atomic mass is 10.2. The minimum atomic E-state index is -0.0726. The summed E-state index contributed by atoms with van der Waals surface area (Å²) >= 11 is 1.56. The van der Waals surface area contributed by atoms with Gasteiger partial charge in [-0.1, -0.05) is 0 Å². The van der Waals surface area contributed by atoms with Crippen LogP contribution in [0.1, 0.15) is 20.1 Å². The molecule has 3 heterocycles. The SMILES string of the molecule is CN(C)c1ccc2cc(NC(=O)c3cc4c(s3)CCOC4)ccc2n1. The first-order valence-corrected chi connectivity index (χ1v) is 9.00. The smallest absolute Gasteiger partial charge is 0.265 e. The van der Waals surface area contributed by atoms with Crippen molar-refractivity contribution in [3.63, 3.8) is 0 Å². The van der Waals surface area contributed by atoms with E-state index in [4.69, 9.17) is 4.74 Å². The van der Waals surface area contributed by atoms with Gasteiger partial charge in [-0.25, -0.2) is 4.98 Å². The van der Waals surface area contributed by atoms with E-state index in [0.717, 1.165) is 45.9 Å². The molecule has 0 atom stereocenters. The summed E-state index contributed by atoms with van der Waals surface area (Å²) in [5.74, 6) is 0.840. The molecule has 3 aromatic rings. The first-order chi connectivity index (χ1) is 12.1. The molecule has 1 aliphatic heterocycles. The highest BCUT2D eigenvalue weighted by atomic mass is 32.1. The van der Waals surface area contributed by atoms with E-state index in [1.54, 1.807) is 11.3 Å². The summed E-state index contributed by atoms with van der Waals surface area (Å²) in [5, 5.41) is 3.99. The van der Waals surface area contributed by atoms with Gasteiger partial charge in [0.1, 0.15) is 5.82 Å². The van der Waals surface area contributed by atoms with Gasteiger partial charge in [0, 0.05) is 36.5 Å². The highest BCUT2D eigenvalue weighted by Gasteiger charge is 2.17. The molecule has 1 amide bonds. The van der Waals surface area contributed by atoms with E-state index >= 15 is 0 Å². The number of pyridine rings is 1. The molecular formula is C19H19N3O2S. The fourth-order valence-electron chi connectivity index (χ4n) is 2.89. The molecule has 128 valence electrons. The van der Waals surface area contributed by atoms with Gasteiger partial charge in [-0.15, -0.1) is 11.3 Å². The highest BCUT2D eigenvalue weighted by Crippen LogP contribution is 2.28. The van der Waals surface area contributed by atoms with Gasteiger partial charge in [-0.2, -0.15) is 0 Å². The van der Waals surface area contributed by atoms with Gasteiger partial charge >= 0.3 is 0 Å². The molecule has 0 radical (unpaired) electrons. The van der Waals surface area contributed by atoms with Crippen molar-refractivity contribution in [1.29, 1.82) is 0 Å². The third kappa shape index (κ3) is 3.23. The first-order valence-electron chi connectivity index (χ1n) is 8.19. The number of fused-ring (bicyclic) bond motifs is 2. The molecule has 1 aliphatic rings.